The molecule has 1 aliphatic carbocycles. The number of aryl methyl sites for hydroxylation is 2. The van der Waals surface area contributed by atoms with Crippen molar-refractivity contribution in [1.29, 1.82) is 5.26 Å². The molecule has 0 aromatic heterocycles. The largest absolute Gasteiger partial charge is 0.496 e. The van der Waals surface area contributed by atoms with Gasteiger partial charge in [0.05, 0.1) is 25.2 Å². The predicted octanol–water partition coefficient (Wildman–Crippen LogP) is 4.41. The van der Waals surface area contributed by atoms with E-state index in [-0.39, 0.29) is 30.2 Å². The van der Waals surface area contributed by atoms with Crippen LogP contribution in [0.1, 0.15) is 48.4 Å². The molecule has 1 unspecified atom stereocenters. The first-order chi connectivity index (χ1) is 16.5. The highest BCUT2D eigenvalue weighted by atomic mass is 16.5. The lowest BCUT2D eigenvalue weighted by Crippen LogP contribution is -2.25. The summed E-state index contributed by atoms with van der Waals surface area (Å²) in [5, 5.41) is 9.82. The molecule has 176 valence electrons. The second-order valence-corrected chi connectivity index (χ2v) is 8.26. The summed E-state index contributed by atoms with van der Waals surface area (Å²) in [6, 6.07) is 13.8. The quantitative estimate of drug-likeness (QED) is 0.611. The second kappa shape index (κ2) is 9.92. The van der Waals surface area contributed by atoms with Crippen molar-refractivity contribution in [3.8, 4) is 17.6 Å². The molecule has 0 saturated heterocycles. The lowest BCUT2D eigenvalue weighted by Gasteiger charge is -2.27. The number of nitrogens with two attached hydrogens (primary N) is 1. The van der Waals surface area contributed by atoms with E-state index in [0.717, 1.165) is 24.2 Å². The van der Waals surface area contributed by atoms with Crippen molar-refractivity contribution in [3.63, 3.8) is 0 Å². The fraction of sp³-hybridized carbons (Fsp3) is 0.333. The molecule has 1 heterocycles. The number of nitrogens with zero attached hydrogens (tertiary/aromatic N) is 1. The Morgan fingerprint density at radius 2 is 2.00 bits per heavy atom. The Morgan fingerprint density at radius 1 is 1.21 bits per heavy atom. The molecule has 7 nitrogen and oxygen atoms in total. The minimum Gasteiger partial charge on any atom is -0.496 e. The number of methoxy groups -OCH3 is 1. The van der Waals surface area contributed by atoms with Gasteiger partial charge in [0.1, 0.15) is 35.5 Å². The summed E-state index contributed by atoms with van der Waals surface area (Å²) < 4.78 is 22.4. The van der Waals surface area contributed by atoms with Gasteiger partial charge in [-0.2, -0.15) is 5.26 Å². The first kappa shape index (κ1) is 23.2. The van der Waals surface area contributed by atoms with Crippen LogP contribution >= 0.6 is 0 Å². The molecule has 0 bridgehead atoms. The second-order valence-electron chi connectivity index (χ2n) is 8.26. The molecular formula is C27H28N2O5. The average molecular weight is 461 g/mol. The summed E-state index contributed by atoms with van der Waals surface area (Å²) in [5.41, 5.74) is 10.6. The van der Waals surface area contributed by atoms with E-state index in [1.807, 2.05) is 18.2 Å². The predicted molar refractivity (Wildman–Crippen MR) is 126 cm³/mol. The summed E-state index contributed by atoms with van der Waals surface area (Å²) in [4.78, 5) is 12.8. The first-order valence-corrected chi connectivity index (χ1v) is 11.3. The lowest BCUT2D eigenvalue weighted by atomic mass is 9.82. The standard InChI is InChI=1S/C27H28N2O5/c1-4-32-27(30)24-16(2)34-26(29)22(14-28)25(24)19-9-11-23(31-3)20(12-19)15-33-21-10-8-17-6-5-7-18(17)13-21/h8-13,25H,4-7,15,29H2,1-3H3. The van der Waals surface area contributed by atoms with Crippen molar-refractivity contribution in [2.45, 2.75) is 45.6 Å². The molecule has 34 heavy (non-hydrogen) atoms. The van der Waals surface area contributed by atoms with E-state index < -0.39 is 11.9 Å². The maximum atomic E-state index is 12.8. The van der Waals surface area contributed by atoms with Crippen molar-refractivity contribution in [1.82, 2.24) is 0 Å². The Balaban J connectivity index is 1.69. The summed E-state index contributed by atoms with van der Waals surface area (Å²) in [6.45, 7) is 3.83. The Bertz CT molecular complexity index is 1220. The Kier molecular flexibility index (Phi) is 6.78. The third-order valence-corrected chi connectivity index (χ3v) is 6.20. The van der Waals surface area contributed by atoms with Crippen LogP contribution in [0, 0.1) is 11.3 Å². The van der Waals surface area contributed by atoms with E-state index in [1.54, 1.807) is 27.0 Å². The molecule has 0 amide bonds. The van der Waals surface area contributed by atoms with Gasteiger partial charge in [-0.3, -0.25) is 0 Å². The van der Waals surface area contributed by atoms with Crippen LogP contribution in [-0.2, 0) is 33.7 Å². The number of hydrogen-bond donors (Lipinski definition) is 1. The van der Waals surface area contributed by atoms with Gasteiger partial charge in [0.15, 0.2) is 0 Å². The number of carbonyl (C=O) groups is 1. The van der Waals surface area contributed by atoms with Crippen LogP contribution in [0.15, 0.2) is 59.2 Å². The highest BCUT2D eigenvalue weighted by Gasteiger charge is 2.36. The summed E-state index contributed by atoms with van der Waals surface area (Å²) >= 11 is 0. The van der Waals surface area contributed by atoms with E-state index >= 15 is 0 Å². The van der Waals surface area contributed by atoms with Crippen LogP contribution in [-0.4, -0.2) is 19.7 Å². The van der Waals surface area contributed by atoms with Crippen LogP contribution in [0.25, 0.3) is 0 Å². The average Bonchev–Trinajstić information content (AvgIpc) is 3.30. The number of esters is 1. The molecule has 0 spiro atoms. The number of carbonyl (C=O) groups excluding carboxylic acids is 1. The number of ether oxygens (including phenoxy) is 4. The molecule has 2 aromatic rings. The Labute approximate surface area is 199 Å². The topological polar surface area (TPSA) is 104 Å². The summed E-state index contributed by atoms with van der Waals surface area (Å²) in [6.07, 6.45) is 3.36. The zero-order valence-corrected chi connectivity index (χ0v) is 19.6. The van der Waals surface area contributed by atoms with E-state index in [1.165, 1.54) is 17.5 Å². The van der Waals surface area contributed by atoms with Gasteiger partial charge >= 0.3 is 5.97 Å². The minimum atomic E-state index is -0.720. The third-order valence-electron chi connectivity index (χ3n) is 6.20. The van der Waals surface area contributed by atoms with Gasteiger partial charge in [0, 0.05) is 5.56 Å². The zero-order valence-electron chi connectivity index (χ0n) is 19.6. The van der Waals surface area contributed by atoms with Gasteiger partial charge in [-0.1, -0.05) is 12.1 Å². The fourth-order valence-electron chi connectivity index (χ4n) is 4.58. The van der Waals surface area contributed by atoms with Gasteiger partial charge in [0.2, 0.25) is 5.88 Å². The molecule has 0 saturated carbocycles. The van der Waals surface area contributed by atoms with Gasteiger partial charge in [0.25, 0.3) is 0 Å². The number of rotatable bonds is 7. The normalized spacial score (nSPS) is 17.1. The number of benzene rings is 2. The van der Waals surface area contributed by atoms with Crippen LogP contribution in [0.5, 0.6) is 11.5 Å². The monoisotopic (exact) mass is 460 g/mol. The molecular weight excluding hydrogens is 432 g/mol. The molecule has 2 aliphatic rings. The maximum absolute atomic E-state index is 12.8. The van der Waals surface area contributed by atoms with Crippen molar-refractivity contribution in [2.75, 3.05) is 13.7 Å². The molecule has 7 heteroatoms. The van der Waals surface area contributed by atoms with Gasteiger partial charge in [-0.05, 0) is 74.1 Å². The zero-order chi connectivity index (χ0) is 24.2. The van der Waals surface area contributed by atoms with Crippen LogP contribution in [0.3, 0.4) is 0 Å². The van der Waals surface area contributed by atoms with E-state index in [0.29, 0.717) is 17.1 Å². The van der Waals surface area contributed by atoms with E-state index in [4.69, 9.17) is 24.7 Å². The highest BCUT2D eigenvalue weighted by molar-refractivity contribution is 5.92. The van der Waals surface area contributed by atoms with Crippen molar-refractivity contribution in [3.05, 3.63) is 81.4 Å². The number of allylic oxidation sites excluding steroid dienone is 2. The molecule has 1 aliphatic heterocycles. The molecule has 2 aromatic carbocycles. The maximum Gasteiger partial charge on any atom is 0.338 e. The van der Waals surface area contributed by atoms with Crippen molar-refractivity contribution < 1.29 is 23.7 Å². The smallest absolute Gasteiger partial charge is 0.338 e. The summed E-state index contributed by atoms with van der Waals surface area (Å²) in [5.74, 6) is 0.464. The van der Waals surface area contributed by atoms with Gasteiger partial charge < -0.3 is 24.7 Å². The van der Waals surface area contributed by atoms with Crippen LogP contribution < -0.4 is 15.2 Å². The highest BCUT2D eigenvalue weighted by Crippen LogP contribution is 2.41. The molecule has 0 fully saturated rings. The number of nitriles is 1. The molecule has 4 rings (SSSR count). The fourth-order valence-corrected chi connectivity index (χ4v) is 4.58. The van der Waals surface area contributed by atoms with Gasteiger partial charge in [-0.15, -0.1) is 0 Å². The molecule has 0 radical (unpaired) electrons. The Hall–Kier alpha value is -3.92. The number of fused-ring (bicyclic) bond motifs is 1. The van der Waals surface area contributed by atoms with Crippen LogP contribution in [0.2, 0.25) is 0 Å². The van der Waals surface area contributed by atoms with Gasteiger partial charge in [-0.25, -0.2) is 4.79 Å². The minimum absolute atomic E-state index is 0.0233. The van der Waals surface area contributed by atoms with E-state index in [9.17, 15) is 10.1 Å². The summed E-state index contributed by atoms with van der Waals surface area (Å²) in [7, 11) is 1.59. The van der Waals surface area contributed by atoms with Crippen LogP contribution in [0.4, 0.5) is 0 Å². The molecule has 2 N–H and O–H groups in total. The third kappa shape index (κ3) is 4.44. The van der Waals surface area contributed by atoms with Crippen molar-refractivity contribution in [2.24, 2.45) is 5.73 Å². The number of hydrogen-bond acceptors (Lipinski definition) is 7. The van der Waals surface area contributed by atoms with Crippen molar-refractivity contribution >= 4 is 5.97 Å². The Morgan fingerprint density at radius 3 is 2.74 bits per heavy atom. The first-order valence-electron chi connectivity index (χ1n) is 11.3. The SMILES string of the molecule is CCOC(=O)C1=C(C)OC(N)=C(C#N)C1c1ccc(OC)c(COc2ccc3c(c2)CCC3)c1. The molecule has 1 atom stereocenters. The van der Waals surface area contributed by atoms with E-state index in [2.05, 4.69) is 18.2 Å². The lowest BCUT2D eigenvalue weighted by molar-refractivity contribution is -0.139.